The third kappa shape index (κ3) is 4.01. The molecule has 5 rings (SSSR count). The standard InChI is InChI=1S/C28H31N3O2/c1-17-9-14-23(15-18(17)2)31-28-26(19(3)30-31)24(16-25(32)29-28)27(33)22-12-10-21(11-13-22)20-7-5-4-6-8-20/h9-15,20,24H,4-8,16H2,1-3H3,(H,29,32)/t24-/m1/s1. The average Bonchev–Trinajstić information content (AvgIpc) is 3.16. The lowest BCUT2D eigenvalue weighted by Gasteiger charge is -2.24. The molecule has 1 aliphatic heterocycles. The van der Waals surface area contributed by atoms with Crippen molar-refractivity contribution in [3.05, 3.63) is 76.0 Å². The highest BCUT2D eigenvalue weighted by atomic mass is 16.2. The van der Waals surface area contributed by atoms with Crippen LogP contribution in [0.5, 0.6) is 0 Å². The second-order valence-electron chi connectivity index (χ2n) is 9.65. The summed E-state index contributed by atoms with van der Waals surface area (Å²) in [6.07, 6.45) is 6.51. The first-order valence-electron chi connectivity index (χ1n) is 12.0. The molecular weight excluding hydrogens is 410 g/mol. The topological polar surface area (TPSA) is 64.0 Å². The Bertz CT molecular complexity index is 1220. The van der Waals surface area contributed by atoms with Crippen molar-refractivity contribution in [2.75, 3.05) is 5.32 Å². The molecule has 1 fully saturated rings. The largest absolute Gasteiger partial charge is 0.310 e. The molecule has 2 aromatic carbocycles. The zero-order valence-electron chi connectivity index (χ0n) is 19.6. The molecule has 1 saturated carbocycles. The molecule has 3 aromatic rings. The minimum atomic E-state index is -0.519. The Morgan fingerprint density at radius 2 is 1.70 bits per heavy atom. The maximum atomic E-state index is 13.6. The van der Waals surface area contributed by atoms with Gasteiger partial charge in [0.15, 0.2) is 5.78 Å². The van der Waals surface area contributed by atoms with Crippen LogP contribution in [0.15, 0.2) is 42.5 Å². The number of hydrogen-bond donors (Lipinski definition) is 1. The fraction of sp³-hybridized carbons (Fsp3) is 0.393. The third-order valence-corrected chi connectivity index (χ3v) is 7.43. The molecule has 0 unspecified atom stereocenters. The van der Waals surface area contributed by atoms with Gasteiger partial charge in [0.1, 0.15) is 5.82 Å². The van der Waals surface area contributed by atoms with E-state index in [1.165, 1.54) is 43.2 Å². The lowest BCUT2D eigenvalue weighted by atomic mass is 9.82. The van der Waals surface area contributed by atoms with Crippen molar-refractivity contribution in [1.82, 2.24) is 9.78 Å². The number of amides is 1. The van der Waals surface area contributed by atoms with Crippen molar-refractivity contribution in [2.45, 2.75) is 71.1 Å². The summed E-state index contributed by atoms with van der Waals surface area (Å²) in [5.41, 5.74) is 6.83. The van der Waals surface area contributed by atoms with Gasteiger partial charge in [-0.3, -0.25) is 9.59 Å². The van der Waals surface area contributed by atoms with Gasteiger partial charge in [-0.25, -0.2) is 4.68 Å². The number of Topliss-reactive ketones (excluding diaryl/α,β-unsaturated/α-hetero) is 1. The summed E-state index contributed by atoms with van der Waals surface area (Å²) in [4.78, 5) is 26.2. The van der Waals surface area contributed by atoms with Gasteiger partial charge >= 0.3 is 0 Å². The van der Waals surface area contributed by atoms with E-state index < -0.39 is 5.92 Å². The summed E-state index contributed by atoms with van der Waals surface area (Å²) in [7, 11) is 0. The molecule has 1 amide bonds. The Morgan fingerprint density at radius 1 is 0.970 bits per heavy atom. The highest BCUT2D eigenvalue weighted by Crippen LogP contribution is 2.39. The molecule has 1 aromatic heterocycles. The van der Waals surface area contributed by atoms with E-state index >= 15 is 0 Å². The smallest absolute Gasteiger partial charge is 0.226 e. The van der Waals surface area contributed by atoms with E-state index in [1.54, 1.807) is 4.68 Å². The molecule has 0 bridgehead atoms. The van der Waals surface area contributed by atoms with Crippen LogP contribution in [0.3, 0.4) is 0 Å². The first-order chi connectivity index (χ1) is 15.9. The minimum Gasteiger partial charge on any atom is -0.310 e. The Hall–Kier alpha value is -3.21. The van der Waals surface area contributed by atoms with Gasteiger partial charge in [-0.1, -0.05) is 49.6 Å². The average molecular weight is 442 g/mol. The fourth-order valence-electron chi connectivity index (χ4n) is 5.37. The van der Waals surface area contributed by atoms with E-state index in [0.717, 1.165) is 22.5 Å². The summed E-state index contributed by atoms with van der Waals surface area (Å²) < 4.78 is 1.76. The van der Waals surface area contributed by atoms with Crippen LogP contribution in [-0.2, 0) is 4.79 Å². The Morgan fingerprint density at radius 3 is 2.39 bits per heavy atom. The highest BCUT2D eigenvalue weighted by molar-refractivity contribution is 6.08. The summed E-state index contributed by atoms with van der Waals surface area (Å²) in [5, 5.41) is 7.70. The van der Waals surface area contributed by atoms with Crippen LogP contribution < -0.4 is 5.32 Å². The van der Waals surface area contributed by atoms with Crippen molar-refractivity contribution in [3.63, 3.8) is 0 Å². The van der Waals surface area contributed by atoms with Gasteiger partial charge in [0.2, 0.25) is 5.91 Å². The van der Waals surface area contributed by atoms with Crippen LogP contribution in [-0.4, -0.2) is 21.5 Å². The Balaban J connectivity index is 1.48. The lowest BCUT2D eigenvalue weighted by Crippen LogP contribution is -2.28. The molecule has 0 radical (unpaired) electrons. The number of rotatable bonds is 4. The zero-order chi connectivity index (χ0) is 23.1. The van der Waals surface area contributed by atoms with E-state index in [0.29, 0.717) is 17.3 Å². The number of aryl methyl sites for hydroxylation is 3. The van der Waals surface area contributed by atoms with Gasteiger partial charge in [0.05, 0.1) is 17.3 Å². The Labute approximate surface area is 195 Å². The van der Waals surface area contributed by atoms with Gasteiger partial charge in [-0.05, 0) is 68.4 Å². The predicted octanol–water partition coefficient (Wildman–Crippen LogP) is 6.15. The number of carbonyl (C=O) groups excluding carboxylic acids is 2. The van der Waals surface area contributed by atoms with Gasteiger partial charge in [-0.15, -0.1) is 0 Å². The number of anilines is 1. The number of fused-ring (bicyclic) bond motifs is 1. The summed E-state index contributed by atoms with van der Waals surface area (Å²) in [5.74, 6) is 0.542. The fourth-order valence-corrected chi connectivity index (χ4v) is 5.37. The molecule has 1 N–H and O–H groups in total. The molecule has 0 spiro atoms. The van der Waals surface area contributed by atoms with E-state index in [9.17, 15) is 9.59 Å². The second-order valence-corrected chi connectivity index (χ2v) is 9.65. The van der Waals surface area contributed by atoms with Crippen LogP contribution >= 0.6 is 0 Å². The molecule has 33 heavy (non-hydrogen) atoms. The van der Waals surface area contributed by atoms with Gasteiger partial charge in [0.25, 0.3) is 0 Å². The number of nitrogens with one attached hydrogen (secondary N) is 1. The molecule has 2 heterocycles. The van der Waals surface area contributed by atoms with E-state index in [1.807, 2.05) is 25.1 Å². The number of nitrogens with zero attached hydrogens (tertiary/aromatic N) is 2. The van der Waals surface area contributed by atoms with Gasteiger partial charge in [0, 0.05) is 17.5 Å². The number of hydrogen-bond acceptors (Lipinski definition) is 3. The predicted molar refractivity (Wildman–Crippen MR) is 130 cm³/mol. The number of carbonyl (C=O) groups is 2. The normalized spacial score (nSPS) is 18.6. The zero-order valence-corrected chi connectivity index (χ0v) is 19.6. The molecular formula is C28H31N3O2. The first kappa shape index (κ1) is 21.6. The van der Waals surface area contributed by atoms with Crippen molar-refractivity contribution >= 4 is 17.5 Å². The summed E-state index contributed by atoms with van der Waals surface area (Å²) in [6, 6.07) is 14.2. The molecule has 1 aliphatic carbocycles. The monoisotopic (exact) mass is 441 g/mol. The SMILES string of the molecule is Cc1ccc(-n2nc(C)c3c2NC(=O)C[C@H]3C(=O)c2ccc(C3CCCCC3)cc2)cc1C. The quantitative estimate of drug-likeness (QED) is 0.494. The maximum Gasteiger partial charge on any atom is 0.226 e. The highest BCUT2D eigenvalue weighted by Gasteiger charge is 2.36. The van der Waals surface area contributed by atoms with Crippen LogP contribution in [0, 0.1) is 20.8 Å². The molecule has 5 nitrogen and oxygen atoms in total. The molecule has 5 heteroatoms. The molecule has 2 aliphatic rings. The minimum absolute atomic E-state index is 0.0102. The van der Waals surface area contributed by atoms with Gasteiger partial charge in [-0.2, -0.15) is 5.10 Å². The maximum absolute atomic E-state index is 13.6. The van der Waals surface area contributed by atoms with E-state index in [2.05, 4.69) is 43.4 Å². The van der Waals surface area contributed by atoms with Crippen molar-refractivity contribution in [1.29, 1.82) is 0 Å². The molecule has 0 saturated heterocycles. The molecule has 1 atom stereocenters. The number of ketones is 1. The van der Waals surface area contributed by atoms with Crippen molar-refractivity contribution in [2.24, 2.45) is 0 Å². The van der Waals surface area contributed by atoms with Gasteiger partial charge < -0.3 is 5.32 Å². The van der Waals surface area contributed by atoms with Crippen molar-refractivity contribution < 1.29 is 9.59 Å². The third-order valence-electron chi connectivity index (χ3n) is 7.43. The van der Waals surface area contributed by atoms with Crippen LogP contribution in [0.25, 0.3) is 5.69 Å². The van der Waals surface area contributed by atoms with Crippen LogP contribution in [0.4, 0.5) is 5.82 Å². The molecule has 170 valence electrons. The number of aromatic nitrogens is 2. The first-order valence-corrected chi connectivity index (χ1v) is 12.0. The second kappa shape index (κ2) is 8.62. The summed E-state index contributed by atoms with van der Waals surface area (Å²) >= 11 is 0. The summed E-state index contributed by atoms with van der Waals surface area (Å²) in [6.45, 7) is 6.04. The van der Waals surface area contributed by atoms with Crippen LogP contribution in [0.1, 0.15) is 88.7 Å². The van der Waals surface area contributed by atoms with Crippen molar-refractivity contribution in [3.8, 4) is 5.69 Å². The van der Waals surface area contributed by atoms with E-state index in [4.69, 9.17) is 5.10 Å². The number of benzene rings is 2. The lowest BCUT2D eigenvalue weighted by molar-refractivity contribution is -0.116. The van der Waals surface area contributed by atoms with Crippen LogP contribution in [0.2, 0.25) is 0 Å². The van der Waals surface area contributed by atoms with E-state index in [-0.39, 0.29) is 18.1 Å². The Kier molecular flexibility index (Phi) is 5.65.